The zero-order valence-electron chi connectivity index (χ0n) is 14.8. The molecule has 1 N–H and O–H groups in total. The summed E-state index contributed by atoms with van der Waals surface area (Å²) in [7, 11) is -3.15. The first-order valence-electron chi connectivity index (χ1n) is 9.04. The fraction of sp³-hybridized carbons (Fsp3) is 0.611. The normalized spacial score (nSPS) is 20.4. The number of amides is 1. The Morgan fingerprint density at radius 3 is 2.16 bits per heavy atom. The van der Waals surface area contributed by atoms with E-state index in [-0.39, 0.29) is 11.8 Å². The molecule has 0 radical (unpaired) electrons. The Balaban J connectivity index is 1.53. The summed E-state index contributed by atoms with van der Waals surface area (Å²) in [6.45, 7) is 3.05. The van der Waals surface area contributed by atoms with E-state index in [0.29, 0.717) is 25.9 Å². The molecule has 0 saturated carbocycles. The molecule has 7 heteroatoms. The van der Waals surface area contributed by atoms with Crippen LogP contribution in [0.4, 0.5) is 11.4 Å². The van der Waals surface area contributed by atoms with E-state index < -0.39 is 10.0 Å². The second kappa shape index (κ2) is 7.74. The van der Waals surface area contributed by atoms with Gasteiger partial charge in [0.25, 0.3) is 0 Å². The molecule has 2 aliphatic heterocycles. The topological polar surface area (TPSA) is 69.7 Å². The summed E-state index contributed by atoms with van der Waals surface area (Å²) in [4.78, 5) is 14.8. The number of benzene rings is 1. The predicted molar refractivity (Wildman–Crippen MR) is 100 cm³/mol. The largest absolute Gasteiger partial charge is 0.372 e. The average molecular weight is 365 g/mol. The number of carbonyl (C=O) groups is 1. The van der Waals surface area contributed by atoms with Gasteiger partial charge in [-0.3, -0.25) is 4.79 Å². The first-order chi connectivity index (χ1) is 11.9. The van der Waals surface area contributed by atoms with Crippen molar-refractivity contribution in [3.05, 3.63) is 24.3 Å². The molecule has 1 amide bonds. The SMILES string of the molecule is CS(=O)(=O)N1CCC(C(=O)Nc2ccc(N3CCCCC3)cc2)CC1. The van der Waals surface area contributed by atoms with Crippen LogP contribution in [-0.4, -0.2) is 51.1 Å². The maximum atomic E-state index is 12.4. The highest BCUT2D eigenvalue weighted by molar-refractivity contribution is 7.88. The molecule has 0 unspecified atom stereocenters. The predicted octanol–water partition coefficient (Wildman–Crippen LogP) is 2.29. The van der Waals surface area contributed by atoms with Gasteiger partial charge < -0.3 is 10.2 Å². The lowest BCUT2D eigenvalue weighted by molar-refractivity contribution is -0.120. The summed E-state index contributed by atoms with van der Waals surface area (Å²) in [5.74, 6) is -0.140. The molecule has 2 fully saturated rings. The van der Waals surface area contributed by atoms with Gasteiger partial charge in [-0.1, -0.05) is 0 Å². The number of nitrogens with zero attached hydrogens (tertiary/aromatic N) is 2. The molecule has 0 aromatic heterocycles. The van der Waals surface area contributed by atoms with Crippen molar-refractivity contribution in [3.8, 4) is 0 Å². The molecular weight excluding hydrogens is 338 g/mol. The molecule has 25 heavy (non-hydrogen) atoms. The third-order valence-corrected chi connectivity index (χ3v) is 6.45. The van der Waals surface area contributed by atoms with Gasteiger partial charge >= 0.3 is 0 Å². The maximum absolute atomic E-state index is 12.4. The lowest BCUT2D eigenvalue weighted by atomic mass is 9.97. The quantitative estimate of drug-likeness (QED) is 0.889. The molecule has 0 spiro atoms. The molecule has 1 aromatic carbocycles. The van der Waals surface area contributed by atoms with Gasteiger partial charge in [-0.05, 0) is 56.4 Å². The van der Waals surface area contributed by atoms with Gasteiger partial charge in [-0.15, -0.1) is 0 Å². The molecule has 0 bridgehead atoms. The second-order valence-corrected chi connectivity index (χ2v) is 9.00. The Hall–Kier alpha value is -1.60. The van der Waals surface area contributed by atoms with E-state index >= 15 is 0 Å². The van der Waals surface area contributed by atoms with Crippen molar-refractivity contribution in [3.63, 3.8) is 0 Å². The average Bonchev–Trinajstić information content (AvgIpc) is 2.62. The molecule has 0 atom stereocenters. The van der Waals surface area contributed by atoms with Crippen LogP contribution < -0.4 is 10.2 Å². The van der Waals surface area contributed by atoms with Crippen LogP contribution in [-0.2, 0) is 14.8 Å². The molecule has 0 aliphatic carbocycles. The summed E-state index contributed by atoms with van der Waals surface area (Å²) >= 11 is 0. The maximum Gasteiger partial charge on any atom is 0.227 e. The Kier molecular flexibility index (Phi) is 5.64. The zero-order valence-corrected chi connectivity index (χ0v) is 15.6. The number of nitrogens with one attached hydrogen (secondary N) is 1. The van der Waals surface area contributed by atoms with Crippen LogP contribution in [0, 0.1) is 5.92 Å². The Bertz CT molecular complexity index is 689. The molecule has 3 rings (SSSR count). The minimum Gasteiger partial charge on any atom is -0.372 e. The monoisotopic (exact) mass is 365 g/mol. The number of hydrogen-bond acceptors (Lipinski definition) is 4. The number of hydrogen-bond donors (Lipinski definition) is 1. The molecule has 6 nitrogen and oxygen atoms in total. The van der Waals surface area contributed by atoms with Crippen LogP contribution >= 0.6 is 0 Å². The minimum atomic E-state index is -3.15. The fourth-order valence-electron chi connectivity index (χ4n) is 3.60. The molecule has 2 aliphatic rings. The van der Waals surface area contributed by atoms with Crippen LogP contribution in [0.1, 0.15) is 32.1 Å². The minimum absolute atomic E-state index is 0.0149. The van der Waals surface area contributed by atoms with E-state index in [1.54, 1.807) is 0 Å². The van der Waals surface area contributed by atoms with E-state index in [1.807, 2.05) is 12.1 Å². The highest BCUT2D eigenvalue weighted by atomic mass is 32.2. The van der Waals surface area contributed by atoms with E-state index in [1.165, 1.54) is 35.5 Å². The van der Waals surface area contributed by atoms with Gasteiger partial charge in [0.05, 0.1) is 6.26 Å². The van der Waals surface area contributed by atoms with Crippen molar-refractivity contribution in [1.82, 2.24) is 4.31 Å². The van der Waals surface area contributed by atoms with Crippen LogP contribution in [0.3, 0.4) is 0 Å². The lowest BCUT2D eigenvalue weighted by Crippen LogP contribution is -2.40. The van der Waals surface area contributed by atoms with Gasteiger partial charge in [-0.25, -0.2) is 12.7 Å². The number of piperidine rings is 2. The summed E-state index contributed by atoms with van der Waals surface area (Å²) in [5, 5.41) is 2.97. The Morgan fingerprint density at radius 2 is 1.60 bits per heavy atom. The molecular formula is C18H27N3O3S. The van der Waals surface area contributed by atoms with Crippen molar-refractivity contribution >= 4 is 27.3 Å². The standard InChI is InChI=1S/C18H27N3O3S/c1-25(23,24)21-13-9-15(10-14-21)18(22)19-16-5-7-17(8-6-16)20-11-3-2-4-12-20/h5-8,15H,2-4,9-14H2,1H3,(H,19,22). The van der Waals surface area contributed by atoms with Gasteiger partial charge in [-0.2, -0.15) is 0 Å². The zero-order chi connectivity index (χ0) is 17.9. The van der Waals surface area contributed by atoms with Crippen LogP contribution in [0.15, 0.2) is 24.3 Å². The van der Waals surface area contributed by atoms with Crippen LogP contribution in [0.5, 0.6) is 0 Å². The van der Waals surface area contributed by atoms with E-state index in [0.717, 1.165) is 18.8 Å². The van der Waals surface area contributed by atoms with Gasteiger partial charge in [0.15, 0.2) is 0 Å². The lowest BCUT2D eigenvalue weighted by Gasteiger charge is -2.30. The first kappa shape index (κ1) is 18.2. The van der Waals surface area contributed by atoms with Gasteiger partial charge in [0.1, 0.15) is 0 Å². The molecule has 2 heterocycles. The summed E-state index contributed by atoms with van der Waals surface area (Å²) < 4.78 is 24.5. The third-order valence-electron chi connectivity index (χ3n) is 5.15. The number of anilines is 2. The van der Waals surface area contributed by atoms with Crippen molar-refractivity contribution in [1.29, 1.82) is 0 Å². The fourth-order valence-corrected chi connectivity index (χ4v) is 4.48. The molecule has 138 valence electrons. The smallest absolute Gasteiger partial charge is 0.227 e. The van der Waals surface area contributed by atoms with Crippen molar-refractivity contribution in [2.45, 2.75) is 32.1 Å². The summed E-state index contributed by atoms with van der Waals surface area (Å²) in [5.41, 5.74) is 2.01. The van der Waals surface area contributed by atoms with E-state index in [9.17, 15) is 13.2 Å². The number of sulfonamides is 1. The van der Waals surface area contributed by atoms with Crippen molar-refractivity contribution in [2.24, 2.45) is 5.92 Å². The number of carbonyl (C=O) groups excluding carboxylic acids is 1. The molecule has 2 saturated heterocycles. The van der Waals surface area contributed by atoms with Gasteiger partial charge in [0.2, 0.25) is 15.9 Å². The highest BCUT2D eigenvalue weighted by Crippen LogP contribution is 2.24. The third kappa shape index (κ3) is 4.73. The summed E-state index contributed by atoms with van der Waals surface area (Å²) in [6, 6.07) is 8.03. The number of rotatable bonds is 4. The van der Waals surface area contributed by atoms with Crippen molar-refractivity contribution in [2.75, 3.05) is 42.7 Å². The van der Waals surface area contributed by atoms with E-state index in [4.69, 9.17) is 0 Å². The Morgan fingerprint density at radius 1 is 1.00 bits per heavy atom. The Labute approximate surface area is 150 Å². The van der Waals surface area contributed by atoms with Gasteiger partial charge in [0, 0.05) is 43.5 Å². The molecule has 1 aromatic rings. The highest BCUT2D eigenvalue weighted by Gasteiger charge is 2.28. The summed E-state index contributed by atoms with van der Waals surface area (Å²) in [6.07, 6.45) is 6.16. The van der Waals surface area contributed by atoms with Crippen LogP contribution in [0.25, 0.3) is 0 Å². The second-order valence-electron chi connectivity index (χ2n) is 7.02. The first-order valence-corrected chi connectivity index (χ1v) is 10.9. The van der Waals surface area contributed by atoms with Crippen LogP contribution in [0.2, 0.25) is 0 Å². The van der Waals surface area contributed by atoms with E-state index in [2.05, 4.69) is 22.3 Å². The van der Waals surface area contributed by atoms with Crippen molar-refractivity contribution < 1.29 is 13.2 Å².